The average Bonchev–Trinajstić information content (AvgIpc) is 2.76. The minimum atomic E-state index is -0.325. The van der Waals surface area contributed by atoms with Crippen LogP contribution in [0.4, 0.5) is 5.69 Å². The molecule has 1 aromatic carbocycles. The lowest BCUT2D eigenvalue weighted by Crippen LogP contribution is -2.41. The Bertz CT molecular complexity index is 524. The minimum Gasteiger partial charge on any atom is -0.465 e. The Hall–Kier alpha value is -1.84. The highest BCUT2D eigenvalue weighted by Crippen LogP contribution is 2.37. The van der Waals surface area contributed by atoms with Crippen LogP contribution in [0.15, 0.2) is 18.2 Å². The minimum absolute atomic E-state index is 0.204. The lowest BCUT2D eigenvalue weighted by molar-refractivity contribution is -0.120. The first-order chi connectivity index (χ1) is 8.70. The Balaban J connectivity index is 1.99. The number of esters is 1. The standard InChI is InChI=1S/C14H15NO3/c1-18-14(17)9-5-6-12-10(7-9)8-11-3-2-4-13(16)15(11)12/h5-7,11H,2-4,8H2,1H3. The van der Waals surface area contributed by atoms with Crippen molar-refractivity contribution in [2.75, 3.05) is 12.0 Å². The van der Waals surface area contributed by atoms with Gasteiger partial charge in [-0.2, -0.15) is 0 Å². The van der Waals surface area contributed by atoms with Gasteiger partial charge in [-0.1, -0.05) is 0 Å². The van der Waals surface area contributed by atoms with E-state index in [1.807, 2.05) is 17.0 Å². The molecule has 1 aromatic rings. The number of benzene rings is 1. The number of nitrogens with zero attached hydrogens (tertiary/aromatic N) is 1. The van der Waals surface area contributed by atoms with Crippen molar-refractivity contribution < 1.29 is 14.3 Å². The van der Waals surface area contributed by atoms with E-state index in [0.29, 0.717) is 12.0 Å². The number of piperidine rings is 1. The lowest BCUT2D eigenvalue weighted by atomic mass is 10.0. The first-order valence-electron chi connectivity index (χ1n) is 6.24. The van der Waals surface area contributed by atoms with Gasteiger partial charge in [0.05, 0.1) is 12.7 Å². The molecule has 1 amide bonds. The summed E-state index contributed by atoms with van der Waals surface area (Å²) in [6.45, 7) is 0. The van der Waals surface area contributed by atoms with Crippen LogP contribution in [0.25, 0.3) is 0 Å². The third-order valence-corrected chi connectivity index (χ3v) is 3.78. The second-order valence-electron chi connectivity index (χ2n) is 4.85. The van der Waals surface area contributed by atoms with Crippen molar-refractivity contribution in [2.45, 2.75) is 31.7 Å². The summed E-state index contributed by atoms with van der Waals surface area (Å²) in [6, 6.07) is 5.74. The summed E-state index contributed by atoms with van der Waals surface area (Å²) >= 11 is 0. The molecule has 1 atom stereocenters. The van der Waals surface area contributed by atoms with E-state index >= 15 is 0 Å². The van der Waals surface area contributed by atoms with Gasteiger partial charge in [0, 0.05) is 18.2 Å². The molecule has 3 rings (SSSR count). The van der Waals surface area contributed by atoms with E-state index < -0.39 is 0 Å². The molecule has 2 aliphatic rings. The predicted octanol–water partition coefficient (Wildman–Crippen LogP) is 1.91. The Morgan fingerprint density at radius 1 is 1.44 bits per heavy atom. The fourth-order valence-corrected chi connectivity index (χ4v) is 2.95. The SMILES string of the molecule is COC(=O)c1ccc2c(c1)CC1CCCC(=O)N21. The number of hydrogen-bond acceptors (Lipinski definition) is 3. The van der Waals surface area contributed by atoms with Gasteiger partial charge in [0.1, 0.15) is 0 Å². The third kappa shape index (κ3) is 1.60. The molecule has 2 aliphatic heterocycles. The topological polar surface area (TPSA) is 46.6 Å². The number of carbonyl (C=O) groups is 2. The van der Waals surface area contributed by atoms with E-state index in [2.05, 4.69) is 0 Å². The molecule has 18 heavy (non-hydrogen) atoms. The highest BCUT2D eigenvalue weighted by atomic mass is 16.5. The van der Waals surface area contributed by atoms with Gasteiger partial charge in [0.2, 0.25) is 5.91 Å². The predicted molar refractivity (Wildman–Crippen MR) is 66.6 cm³/mol. The molecule has 0 spiro atoms. The van der Waals surface area contributed by atoms with E-state index in [1.165, 1.54) is 7.11 Å². The number of carbonyl (C=O) groups excluding carboxylic acids is 2. The number of methoxy groups -OCH3 is 1. The molecule has 94 valence electrons. The van der Waals surface area contributed by atoms with Crippen LogP contribution in [-0.2, 0) is 16.0 Å². The zero-order valence-electron chi connectivity index (χ0n) is 10.3. The molecule has 1 saturated heterocycles. The van der Waals surface area contributed by atoms with Crippen LogP contribution in [0, 0.1) is 0 Å². The molecular weight excluding hydrogens is 230 g/mol. The highest BCUT2D eigenvalue weighted by Gasteiger charge is 2.36. The second-order valence-corrected chi connectivity index (χ2v) is 4.85. The molecule has 0 radical (unpaired) electrons. The molecule has 2 heterocycles. The van der Waals surface area contributed by atoms with Gasteiger partial charge >= 0.3 is 5.97 Å². The van der Waals surface area contributed by atoms with Gasteiger partial charge in [-0.05, 0) is 43.0 Å². The fraction of sp³-hybridized carbons (Fsp3) is 0.429. The zero-order valence-corrected chi connectivity index (χ0v) is 10.3. The first-order valence-corrected chi connectivity index (χ1v) is 6.24. The molecule has 0 aromatic heterocycles. The maximum atomic E-state index is 11.9. The van der Waals surface area contributed by atoms with Crippen LogP contribution < -0.4 is 4.90 Å². The lowest BCUT2D eigenvalue weighted by Gasteiger charge is -2.29. The number of ether oxygens (including phenoxy) is 1. The van der Waals surface area contributed by atoms with Crippen molar-refractivity contribution in [3.05, 3.63) is 29.3 Å². The van der Waals surface area contributed by atoms with Crippen molar-refractivity contribution >= 4 is 17.6 Å². The van der Waals surface area contributed by atoms with Crippen LogP contribution in [0.1, 0.15) is 35.2 Å². The second kappa shape index (κ2) is 4.12. The molecule has 0 aliphatic carbocycles. The van der Waals surface area contributed by atoms with Crippen LogP contribution in [0.2, 0.25) is 0 Å². The number of rotatable bonds is 1. The summed E-state index contributed by atoms with van der Waals surface area (Å²) in [5.74, 6) is -0.121. The van der Waals surface area contributed by atoms with E-state index in [1.54, 1.807) is 6.07 Å². The van der Waals surface area contributed by atoms with Crippen molar-refractivity contribution in [3.8, 4) is 0 Å². The summed E-state index contributed by atoms with van der Waals surface area (Å²) in [7, 11) is 1.38. The largest absolute Gasteiger partial charge is 0.465 e. The monoisotopic (exact) mass is 245 g/mol. The van der Waals surface area contributed by atoms with Gasteiger partial charge < -0.3 is 9.64 Å². The zero-order chi connectivity index (χ0) is 12.7. The normalized spacial score (nSPS) is 21.5. The van der Waals surface area contributed by atoms with Crippen molar-refractivity contribution in [3.63, 3.8) is 0 Å². The molecule has 1 fully saturated rings. The molecule has 0 saturated carbocycles. The van der Waals surface area contributed by atoms with Crippen LogP contribution in [0.3, 0.4) is 0 Å². The summed E-state index contributed by atoms with van der Waals surface area (Å²) < 4.78 is 4.72. The van der Waals surface area contributed by atoms with E-state index in [4.69, 9.17) is 4.74 Å². The molecule has 0 N–H and O–H groups in total. The van der Waals surface area contributed by atoms with Crippen molar-refractivity contribution in [1.82, 2.24) is 0 Å². The third-order valence-electron chi connectivity index (χ3n) is 3.78. The number of anilines is 1. The quantitative estimate of drug-likeness (QED) is 0.710. The van der Waals surface area contributed by atoms with Crippen molar-refractivity contribution in [2.24, 2.45) is 0 Å². The van der Waals surface area contributed by atoms with Gasteiger partial charge in [-0.15, -0.1) is 0 Å². The first kappa shape index (κ1) is 11.3. The maximum absolute atomic E-state index is 11.9. The van der Waals surface area contributed by atoms with E-state index in [9.17, 15) is 9.59 Å². The van der Waals surface area contributed by atoms with Crippen molar-refractivity contribution in [1.29, 1.82) is 0 Å². The summed E-state index contributed by atoms with van der Waals surface area (Å²) in [6.07, 6.45) is 3.51. The van der Waals surface area contributed by atoms with Gasteiger partial charge in [-0.25, -0.2) is 4.79 Å². The van der Waals surface area contributed by atoms with Crippen LogP contribution in [0.5, 0.6) is 0 Å². The van der Waals surface area contributed by atoms with Gasteiger partial charge in [0.25, 0.3) is 0 Å². The summed E-state index contributed by atoms with van der Waals surface area (Å²) in [4.78, 5) is 25.3. The van der Waals surface area contributed by atoms with Crippen LogP contribution >= 0.6 is 0 Å². The Morgan fingerprint density at radius 2 is 2.28 bits per heavy atom. The number of fused-ring (bicyclic) bond motifs is 3. The smallest absolute Gasteiger partial charge is 0.337 e. The van der Waals surface area contributed by atoms with E-state index in [0.717, 1.165) is 30.5 Å². The average molecular weight is 245 g/mol. The van der Waals surface area contributed by atoms with Crippen LogP contribution in [-0.4, -0.2) is 25.0 Å². The Labute approximate surface area is 106 Å². The van der Waals surface area contributed by atoms with Gasteiger partial charge in [-0.3, -0.25) is 4.79 Å². The van der Waals surface area contributed by atoms with E-state index in [-0.39, 0.29) is 17.9 Å². The Kier molecular flexibility index (Phi) is 2.58. The molecular formula is C14H15NO3. The summed E-state index contributed by atoms with van der Waals surface area (Å²) in [5, 5.41) is 0. The molecule has 4 heteroatoms. The molecule has 1 unspecified atom stereocenters. The Morgan fingerprint density at radius 3 is 3.06 bits per heavy atom. The summed E-state index contributed by atoms with van der Waals surface area (Å²) in [5.41, 5.74) is 2.61. The van der Waals surface area contributed by atoms with Gasteiger partial charge in [0.15, 0.2) is 0 Å². The number of amides is 1. The highest BCUT2D eigenvalue weighted by molar-refractivity contribution is 5.98. The number of hydrogen-bond donors (Lipinski definition) is 0. The molecule has 4 nitrogen and oxygen atoms in total. The fourth-order valence-electron chi connectivity index (χ4n) is 2.95. The molecule has 0 bridgehead atoms. The maximum Gasteiger partial charge on any atom is 0.337 e.